The van der Waals surface area contributed by atoms with Crippen LogP contribution in [0.25, 0.3) is 0 Å². The number of rotatable bonds is 5. The summed E-state index contributed by atoms with van der Waals surface area (Å²) in [6.07, 6.45) is 3.19. The molecule has 1 amide bonds. The van der Waals surface area contributed by atoms with E-state index in [0.717, 1.165) is 26.1 Å². The Hall–Kier alpha value is -1.05. The monoisotopic (exact) mass is 238 g/mol. The van der Waals surface area contributed by atoms with Crippen LogP contribution in [0, 0.1) is 11.8 Å². The molecule has 0 radical (unpaired) electrons. The topological polar surface area (TPSA) is 41.6 Å². The van der Waals surface area contributed by atoms with E-state index < -0.39 is 0 Å². The Morgan fingerprint density at radius 3 is 3.12 bits per heavy atom. The first kappa shape index (κ1) is 14.0. The molecular weight excluding hydrogens is 216 g/mol. The van der Waals surface area contributed by atoms with Gasteiger partial charge in [0.1, 0.15) is 0 Å². The Bertz CT molecular complexity index is 294. The van der Waals surface area contributed by atoms with Crippen molar-refractivity contribution in [3.05, 3.63) is 0 Å². The minimum absolute atomic E-state index is 0.178. The molecule has 1 aliphatic heterocycles. The van der Waals surface area contributed by atoms with Crippen LogP contribution < -0.4 is 5.32 Å². The zero-order valence-electron chi connectivity index (χ0n) is 10.8. The Morgan fingerprint density at radius 2 is 2.41 bits per heavy atom. The largest absolute Gasteiger partial charge is 0.383 e. The smallest absolute Gasteiger partial charge is 0.295 e. The van der Waals surface area contributed by atoms with Gasteiger partial charge in [0.2, 0.25) is 0 Å². The normalized spacial score (nSPS) is 19.8. The number of carbonyl (C=O) groups excluding carboxylic acids is 1. The first-order chi connectivity index (χ1) is 8.27. The predicted octanol–water partition coefficient (Wildman–Crippen LogP) is 0.627. The SMILES string of the molecule is CCNC(=O)C#CCCN1CCCC1COC. The standard InChI is InChI=1S/C13H22N2O2/c1-3-14-13(16)8-4-5-9-15-10-6-7-12(15)11-17-2/h12H,3,5-7,9-11H2,1-2H3,(H,14,16). The molecule has 0 aromatic heterocycles. The number of nitrogens with zero attached hydrogens (tertiary/aromatic N) is 1. The Balaban J connectivity index is 2.23. The van der Waals surface area contributed by atoms with Crippen molar-refractivity contribution >= 4 is 5.91 Å². The second kappa shape index (κ2) is 8.10. The number of ether oxygens (including phenoxy) is 1. The maximum absolute atomic E-state index is 11.1. The van der Waals surface area contributed by atoms with Gasteiger partial charge in [-0.15, -0.1) is 0 Å². The van der Waals surface area contributed by atoms with Gasteiger partial charge in [0.05, 0.1) is 6.61 Å². The van der Waals surface area contributed by atoms with Crippen molar-refractivity contribution in [2.75, 3.05) is 33.4 Å². The van der Waals surface area contributed by atoms with Gasteiger partial charge in [-0.2, -0.15) is 0 Å². The summed E-state index contributed by atoms with van der Waals surface area (Å²) in [4.78, 5) is 13.5. The van der Waals surface area contributed by atoms with Crippen molar-refractivity contribution in [2.45, 2.75) is 32.2 Å². The molecule has 1 aliphatic rings. The van der Waals surface area contributed by atoms with Crippen LogP contribution in [0.15, 0.2) is 0 Å². The molecule has 1 atom stereocenters. The molecule has 0 spiro atoms. The molecule has 1 rings (SSSR count). The van der Waals surface area contributed by atoms with E-state index in [4.69, 9.17) is 4.74 Å². The highest BCUT2D eigenvalue weighted by Crippen LogP contribution is 2.17. The van der Waals surface area contributed by atoms with Crippen LogP contribution >= 0.6 is 0 Å². The summed E-state index contributed by atoms with van der Waals surface area (Å²) in [5.74, 6) is 5.33. The number of hydrogen-bond acceptors (Lipinski definition) is 3. The summed E-state index contributed by atoms with van der Waals surface area (Å²) in [5.41, 5.74) is 0. The summed E-state index contributed by atoms with van der Waals surface area (Å²) < 4.78 is 5.19. The molecular formula is C13H22N2O2. The van der Waals surface area contributed by atoms with Crippen molar-refractivity contribution in [2.24, 2.45) is 0 Å². The Labute approximate surface area is 104 Å². The Morgan fingerprint density at radius 1 is 1.59 bits per heavy atom. The van der Waals surface area contributed by atoms with E-state index >= 15 is 0 Å². The lowest BCUT2D eigenvalue weighted by Crippen LogP contribution is -2.33. The van der Waals surface area contributed by atoms with E-state index in [9.17, 15) is 4.79 Å². The molecule has 0 aromatic carbocycles. The maximum Gasteiger partial charge on any atom is 0.295 e. The van der Waals surface area contributed by atoms with Crippen molar-refractivity contribution in [1.82, 2.24) is 10.2 Å². The molecule has 1 fully saturated rings. The minimum atomic E-state index is -0.178. The van der Waals surface area contributed by atoms with E-state index in [0.29, 0.717) is 12.6 Å². The van der Waals surface area contributed by atoms with Gasteiger partial charge in [-0.25, -0.2) is 0 Å². The fourth-order valence-electron chi connectivity index (χ4n) is 2.12. The first-order valence-electron chi connectivity index (χ1n) is 6.27. The van der Waals surface area contributed by atoms with Crippen molar-refractivity contribution in [1.29, 1.82) is 0 Å². The zero-order chi connectivity index (χ0) is 12.5. The fourth-order valence-corrected chi connectivity index (χ4v) is 2.12. The lowest BCUT2D eigenvalue weighted by Gasteiger charge is -2.22. The maximum atomic E-state index is 11.1. The summed E-state index contributed by atoms with van der Waals surface area (Å²) in [7, 11) is 1.74. The van der Waals surface area contributed by atoms with Crippen molar-refractivity contribution in [3.63, 3.8) is 0 Å². The number of hydrogen-bond donors (Lipinski definition) is 1. The average Bonchev–Trinajstić information content (AvgIpc) is 2.73. The number of nitrogens with one attached hydrogen (secondary N) is 1. The molecule has 17 heavy (non-hydrogen) atoms. The predicted molar refractivity (Wildman–Crippen MR) is 67.5 cm³/mol. The summed E-state index contributed by atoms with van der Waals surface area (Å²) in [5, 5.41) is 2.66. The lowest BCUT2D eigenvalue weighted by molar-refractivity contribution is -0.115. The number of carbonyl (C=O) groups is 1. The van der Waals surface area contributed by atoms with Crippen LogP contribution in [0.3, 0.4) is 0 Å². The molecule has 4 nitrogen and oxygen atoms in total. The number of methoxy groups -OCH3 is 1. The van der Waals surface area contributed by atoms with Gasteiger partial charge in [0, 0.05) is 32.7 Å². The Kier molecular flexibility index (Phi) is 6.68. The van der Waals surface area contributed by atoms with Gasteiger partial charge in [0.25, 0.3) is 5.91 Å². The van der Waals surface area contributed by atoms with Crippen molar-refractivity contribution < 1.29 is 9.53 Å². The van der Waals surface area contributed by atoms with Crippen LogP contribution in [0.4, 0.5) is 0 Å². The molecule has 0 saturated carbocycles. The summed E-state index contributed by atoms with van der Waals surface area (Å²) >= 11 is 0. The quantitative estimate of drug-likeness (QED) is 0.714. The molecule has 4 heteroatoms. The highest BCUT2D eigenvalue weighted by Gasteiger charge is 2.23. The third-order valence-corrected chi connectivity index (χ3v) is 2.92. The molecule has 1 heterocycles. The lowest BCUT2D eigenvalue weighted by atomic mass is 10.2. The van der Waals surface area contributed by atoms with E-state index in [1.807, 2.05) is 6.92 Å². The highest BCUT2D eigenvalue weighted by molar-refractivity contribution is 5.93. The third-order valence-electron chi connectivity index (χ3n) is 2.92. The second-order valence-corrected chi connectivity index (χ2v) is 4.20. The van der Waals surface area contributed by atoms with E-state index in [-0.39, 0.29) is 5.91 Å². The van der Waals surface area contributed by atoms with Crippen LogP contribution in [0.2, 0.25) is 0 Å². The van der Waals surface area contributed by atoms with Gasteiger partial charge in [-0.3, -0.25) is 9.69 Å². The van der Waals surface area contributed by atoms with Gasteiger partial charge in [-0.05, 0) is 32.2 Å². The van der Waals surface area contributed by atoms with Gasteiger partial charge in [0.15, 0.2) is 0 Å². The van der Waals surface area contributed by atoms with Crippen LogP contribution in [0.1, 0.15) is 26.2 Å². The molecule has 1 saturated heterocycles. The van der Waals surface area contributed by atoms with Gasteiger partial charge in [-0.1, -0.05) is 5.92 Å². The molecule has 96 valence electrons. The molecule has 1 unspecified atom stereocenters. The van der Waals surface area contributed by atoms with E-state index in [1.54, 1.807) is 7.11 Å². The van der Waals surface area contributed by atoms with Crippen LogP contribution in [0.5, 0.6) is 0 Å². The van der Waals surface area contributed by atoms with Gasteiger partial charge < -0.3 is 10.1 Å². The number of likely N-dealkylation sites (tertiary alicyclic amines) is 1. The van der Waals surface area contributed by atoms with E-state index in [2.05, 4.69) is 22.1 Å². The van der Waals surface area contributed by atoms with Crippen LogP contribution in [-0.4, -0.2) is 50.2 Å². The zero-order valence-corrected chi connectivity index (χ0v) is 10.8. The second-order valence-electron chi connectivity index (χ2n) is 4.20. The first-order valence-corrected chi connectivity index (χ1v) is 6.27. The van der Waals surface area contributed by atoms with Gasteiger partial charge >= 0.3 is 0 Å². The highest BCUT2D eigenvalue weighted by atomic mass is 16.5. The summed E-state index contributed by atoms with van der Waals surface area (Å²) in [6, 6.07) is 0.534. The third kappa shape index (κ3) is 5.20. The number of amides is 1. The van der Waals surface area contributed by atoms with Crippen LogP contribution in [-0.2, 0) is 9.53 Å². The minimum Gasteiger partial charge on any atom is -0.383 e. The molecule has 1 N–H and O–H groups in total. The average molecular weight is 238 g/mol. The fraction of sp³-hybridized carbons (Fsp3) is 0.769. The molecule has 0 bridgehead atoms. The summed E-state index contributed by atoms with van der Waals surface area (Å²) in [6.45, 7) is 5.37. The molecule has 0 aliphatic carbocycles. The van der Waals surface area contributed by atoms with E-state index in [1.165, 1.54) is 12.8 Å². The molecule has 0 aromatic rings. The van der Waals surface area contributed by atoms with Crippen molar-refractivity contribution in [3.8, 4) is 11.8 Å².